The van der Waals surface area contributed by atoms with E-state index in [1.54, 1.807) is 0 Å². The van der Waals surface area contributed by atoms with Crippen molar-refractivity contribution in [2.24, 2.45) is 0 Å². The minimum absolute atomic E-state index is 0.0881. The number of carbonyl (C=O) groups is 4. The number of fused-ring (bicyclic) bond motifs is 3. The third-order valence-corrected chi connectivity index (χ3v) is 4.75. The third-order valence-electron chi connectivity index (χ3n) is 4.75. The molecule has 2 aromatic carbocycles. The van der Waals surface area contributed by atoms with Crippen LogP contribution in [0.1, 0.15) is 17.0 Å². The van der Waals surface area contributed by atoms with Gasteiger partial charge in [0.25, 0.3) is 0 Å². The van der Waals surface area contributed by atoms with Gasteiger partial charge in [0.2, 0.25) is 11.8 Å². The van der Waals surface area contributed by atoms with Crippen LogP contribution >= 0.6 is 0 Å². The Labute approximate surface area is 184 Å². The molecule has 0 radical (unpaired) electrons. The second-order valence-electron chi connectivity index (χ2n) is 6.84. The number of alkyl carbamates (subject to hydrolysis) is 1. The lowest BCUT2D eigenvalue weighted by Gasteiger charge is -2.14. The van der Waals surface area contributed by atoms with E-state index in [1.165, 1.54) is 0 Å². The zero-order chi connectivity index (χ0) is 22.9. The Morgan fingerprint density at radius 1 is 0.844 bits per heavy atom. The van der Waals surface area contributed by atoms with Crippen LogP contribution in [0.4, 0.5) is 4.79 Å². The molecule has 32 heavy (non-hydrogen) atoms. The van der Waals surface area contributed by atoms with Crippen molar-refractivity contribution in [3.05, 3.63) is 59.7 Å². The summed E-state index contributed by atoms with van der Waals surface area (Å²) in [5.41, 5.74) is 4.39. The standard InChI is InChI=1S/C23H21N3O6/c27-20(24-11-5-10-22(29)30)12-25-21(28)13-26-23(31)32-14-19-17-8-3-1-6-15(17)16-7-2-4-9-18(16)19/h1-4,6-9,19H,11-14H2,(H,24,27)(H,25,28)(H,26,31)(H,29,30). The number of nitrogens with one attached hydrogen (secondary N) is 3. The van der Waals surface area contributed by atoms with E-state index in [0.29, 0.717) is 0 Å². The Hall–Kier alpha value is -4.32. The van der Waals surface area contributed by atoms with E-state index in [0.717, 1.165) is 22.3 Å². The maximum atomic E-state index is 12.0. The van der Waals surface area contributed by atoms with E-state index in [-0.39, 0.29) is 32.2 Å². The SMILES string of the molecule is O=C(O)C#CCNC(=O)CNC(=O)CNC(=O)OCC1c2ccccc2-c2ccccc21. The fourth-order valence-corrected chi connectivity index (χ4v) is 3.37. The first-order valence-electron chi connectivity index (χ1n) is 9.79. The fraction of sp³-hybridized carbons (Fsp3) is 0.217. The molecule has 0 bridgehead atoms. The largest absolute Gasteiger partial charge is 0.472 e. The van der Waals surface area contributed by atoms with Crippen LogP contribution < -0.4 is 16.0 Å². The molecule has 0 aliphatic heterocycles. The van der Waals surface area contributed by atoms with Gasteiger partial charge in [-0.2, -0.15) is 0 Å². The Kier molecular flexibility index (Phi) is 7.43. The highest BCUT2D eigenvalue weighted by Gasteiger charge is 2.29. The van der Waals surface area contributed by atoms with Crippen molar-refractivity contribution in [2.45, 2.75) is 5.92 Å². The number of aliphatic carboxylic acids is 1. The summed E-state index contributed by atoms with van der Waals surface area (Å²) in [5.74, 6) is 1.56. The molecule has 2 aromatic rings. The van der Waals surface area contributed by atoms with Crippen LogP contribution in [0.15, 0.2) is 48.5 Å². The van der Waals surface area contributed by atoms with Gasteiger partial charge in [0.15, 0.2) is 0 Å². The van der Waals surface area contributed by atoms with Crippen LogP contribution in [0.3, 0.4) is 0 Å². The van der Waals surface area contributed by atoms with Crippen LogP contribution in [-0.2, 0) is 19.1 Å². The molecular formula is C23H21N3O6. The first kappa shape index (κ1) is 22.4. The quantitative estimate of drug-likeness (QED) is 0.477. The maximum absolute atomic E-state index is 12.0. The molecule has 3 rings (SSSR count). The minimum atomic E-state index is -1.30. The fourth-order valence-electron chi connectivity index (χ4n) is 3.37. The number of ether oxygens (including phenoxy) is 1. The lowest BCUT2D eigenvalue weighted by Crippen LogP contribution is -2.42. The summed E-state index contributed by atoms with van der Waals surface area (Å²) in [6.07, 6.45) is -0.740. The number of carbonyl (C=O) groups excluding carboxylic acids is 3. The van der Waals surface area contributed by atoms with Gasteiger partial charge in [-0.3, -0.25) is 9.59 Å². The van der Waals surface area contributed by atoms with Gasteiger partial charge in [-0.25, -0.2) is 9.59 Å². The summed E-state index contributed by atoms with van der Waals surface area (Å²) >= 11 is 0. The molecule has 9 nitrogen and oxygen atoms in total. The Morgan fingerprint density at radius 3 is 2.03 bits per heavy atom. The van der Waals surface area contributed by atoms with Crippen molar-refractivity contribution < 1.29 is 29.0 Å². The zero-order valence-corrected chi connectivity index (χ0v) is 17.0. The highest BCUT2D eigenvalue weighted by Crippen LogP contribution is 2.44. The van der Waals surface area contributed by atoms with Crippen molar-refractivity contribution in [1.29, 1.82) is 0 Å². The summed E-state index contributed by atoms with van der Waals surface area (Å²) in [7, 11) is 0. The number of hydrogen-bond donors (Lipinski definition) is 4. The number of hydrogen-bond acceptors (Lipinski definition) is 5. The second-order valence-corrected chi connectivity index (χ2v) is 6.84. The molecule has 0 spiro atoms. The topological polar surface area (TPSA) is 134 Å². The van der Waals surface area contributed by atoms with E-state index < -0.39 is 23.9 Å². The summed E-state index contributed by atoms with van der Waals surface area (Å²) < 4.78 is 5.33. The van der Waals surface area contributed by atoms with E-state index in [4.69, 9.17) is 9.84 Å². The first-order chi connectivity index (χ1) is 15.5. The number of carboxylic acid groups (broad SMARTS) is 1. The van der Waals surface area contributed by atoms with Gasteiger partial charge in [0, 0.05) is 11.8 Å². The van der Waals surface area contributed by atoms with Gasteiger partial charge < -0.3 is 25.8 Å². The van der Waals surface area contributed by atoms with E-state index in [2.05, 4.69) is 21.9 Å². The number of carboxylic acids is 1. The summed E-state index contributed by atoms with van der Waals surface area (Å²) in [4.78, 5) is 45.6. The summed E-state index contributed by atoms with van der Waals surface area (Å²) in [6.45, 7) is -0.719. The molecule has 0 saturated carbocycles. The second kappa shape index (κ2) is 10.6. The molecule has 0 fully saturated rings. The third kappa shape index (κ3) is 5.86. The lowest BCUT2D eigenvalue weighted by molar-refractivity contribution is -0.130. The number of amides is 3. The zero-order valence-electron chi connectivity index (χ0n) is 17.0. The average Bonchev–Trinajstić information content (AvgIpc) is 3.11. The molecule has 1 aliphatic rings. The molecule has 4 N–H and O–H groups in total. The minimum Gasteiger partial charge on any atom is -0.472 e. The molecule has 1 aliphatic carbocycles. The lowest BCUT2D eigenvalue weighted by atomic mass is 9.98. The summed E-state index contributed by atoms with van der Waals surface area (Å²) in [6, 6.07) is 15.9. The molecule has 0 saturated heterocycles. The van der Waals surface area contributed by atoms with E-state index in [1.807, 2.05) is 54.5 Å². The first-order valence-corrected chi connectivity index (χ1v) is 9.79. The van der Waals surface area contributed by atoms with E-state index >= 15 is 0 Å². The molecule has 3 amide bonds. The van der Waals surface area contributed by atoms with Crippen molar-refractivity contribution in [3.63, 3.8) is 0 Å². The van der Waals surface area contributed by atoms with Crippen LogP contribution in [0.5, 0.6) is 0 Å². The van der Waals surface area contributed by atoms with E-state index in [9.17, 15) is 19.2 Å². The molecule has 164 valence electrons. The molecular weight excluding hydrogens is 414 g/mol. The van der Waals surface area contributed by atoms with Gasteiger partial charge in [-0.1, -0.05) is 54.5 Å². The normalized spacial score (nSPS) is 11.2. The molecule has 0 atom stereocenters. The Bertz CT molecular complexity index is 1060. The molecule has 9 heteroatoms. The van der Waals surface area contributed by atoms with Crippen molar-refractivity contribution in [3.8, 4) is 23.0 Å². The van der Waals surface area contributed by atoms with Crippen LogP contribution in [0.25, 0.3) is 11.1 Å². The Morgan fingerprint density at radius 2 is 1.41 bits per heavy atom. The predicted molar refractivity (Wildman–Crippen MR) is 115 cm³/mol. The highest BCUT2D eigenvalue weighted by atomic mass is 16.5. The van der Waals surface area contributed by atoms with Crippen LogP contribution in [0.2, 0.25) is 0 Å². The summed E-state index contributed by atoms with van der Waals surface area (Å²) in [5, 5.41) is 15.4. The van der Waals surface area contributed by atoms with Crippen molar-refractivity contribution in [1.82, 2.24) is 16.0 Å². The van der Waals surface area contributed by atoms with Gasteiger partial charge in [-0.15, -0.1) is 0 Å². The molecule has 0 heterocycles. The van der Waals surface area contributed by atoms with Crippen molar-refractivity contribution in [2.75, 3.05) is 26.2 Å². The number of rotatable bonds is 7. The maximum Gasteiger partial charge on any atom is 0.407 e. The predicted octanol–water partition coefficient (Wildman–Crippen LogP) is 0.846. The highest BCUT2D eigenvalue weighted by molar-refractivity contribution is 5.88. The van der Waals surface area contributed by atoms with Crippen molar-refractivity contribution >= 4 is 23.9 Å². The molecule has 0 aromatic heterocycles. The Balaban J connectivity index is 1.40. The smallest absolute Gasteiger partial charge is 0.407 e. The molecule has 0 unspecified atom stereocenters. The number of benzene rings is 2. The van der Waals surface area contributed by atoms with Crippen LogP contribution in [-0.4, -0.2) is 55.2 Å². The van der Waals surface area contributed by atoms with Gasteiger partial charge >= 0.3 is 12.1 Å². The van der Waals surface area contributed by atoms with Gasteiger partial charge in [-0.05, 0) is 22.3 Å². The van der Waals surface area contributed by atoms with Crippen LogP contribution in [0, 0.1) is 11.8 Å². The average molecular weight is 435 g/mol. The monoisotopic (exact) mass is 435 g/mol. The van der Waals surface area contributed by atoms with Gasteiger partial charge in [0.1, 0.15) is 13.2 Å². The van der Waals surface area contributed by atoms with Gasteiger partial charge in [0.05, 0.1) is 13.1 Å².